The van der Waals surface area contributed by atoms with Gasteiger partial charge in [-0.25, -0.2) is 0 Å². The van der Waals surface area contributed by atoms with Crippen molar-refractivity contribution in [1.29, 1.82) is 0 Å². The molecule has 23 heavy (non-hydrogen) atoms. The number of para-hydroxylation sites is 1. The van der Waals surface area contributed by atoms with E-state index in [-0.39, 0.29) is 22.6 Å². The quantitative estimate of drug-likeness (QED) is 0.679. The minimum atomic E-state index is -0.523. The molecule has 1 amide bonds. The summed E-state index contributed by atoms with van der Waals surface area (Å²) in [4.78, 5) is 22.9. The van der Waals surface area contributed by atoms with E-state index < -0.39 is 4.92 Å². The Bertz CT molecular complexity index is 724. The molecule has 5 heteroatoms. The molecule has 0 spiro atoms. The summed E-state index contributed by atoms with van der Waals surface area (Å²) >= 11 is 0. The summed E-state index contributed by atoms with van der Waals surface area (Å²) in [5.41, 5.74) is 1.13. The zero-order valence-electron chi connectivity index (χ0n) is 12.7. The third-order valence-electron chi connectivity index (χ3n) is 4.63. The first-order valence-electron chi connectivity index (χ1n) is 7.70. The van der Waals surface area contributed by atoms with Crippen LogP contribution in [0, 0.1) is 10.1 Å². The number of nitrogens with zero attached hydrogens (tertiary/aromatic N) is 1. The molecule has 1 saturated carbocycles. The van der Waals surface area contributed by atoms with Gasteiger partial charge in [-0.1, -0.05) is 48.9 Å². The fourth-order valence-electron chi connectivity index (χ4n) is 3.13. The smallest absolute Gasteiger partial charge is 0.282 e. The zero-order valence-corrected chi connectivity index (χ0v) is 12.7. The summed E-state index contributed by atoms with van der Waals surface area (Å²) in [7, 11) is 0. The first-order valence-corrected chi connectivity index (χ1v) is 7.70. The average Bonchev–Trinajstić information content (AvgIpc) is 2.54. The molecule has 5 nitrogen and oxygen atoms in total. The predicted molar refractivity (Wildman–Crippen MR) is 87.4 cm³/mol. The molecule has 1 fully saturated rings. The highest BCUT2D eigenvalue weighted by molar-refractivity contribution is 5.98. The van der Waals surface area contributed by atoms with Crippen molar-refractivity contribution >= 4 is 11.6 Å². The van der Waals surface area contributed by atoms with Crippen LogP contribution < -0.4 is 5.32 Å². The van der Waals surface area contributed by atoms with Crippen molar-refractivity contribution in [2.75, 3.05) is 6.54 Å². The zero-order chi connectivity index (χ0) is 16.3. The van der Waals surface area contributed by atoms with Crippen molar-refractivity contribution in [3.05, 3.63) is 75.8 Å². The van der Waals surface area contributed by atoms with E-state index in [9.17, 15) is 14.9 Å². The van der Waals surface area contributed by atoms with E-state index >= 15 is 0 Å². The third kappa shape index (κ3) is 2.95. The fourth-order valence-corrected chi connectivity index (χ4v) is 3.13. The highest BCUT2D eigenvalue weighted by Crippen LogP contribution is 2.43. The Kier molecular flexibility index (Phi) is 4.10. The Morgan fingerprint density at radius 3 is 2.35 bits per heavy atom. The van der Waals surface area contributed by atoms with Gasteiger partial charge in [0, 0.05) is 18.0 Å². The molecule has 2 aromatic rings. The molecule has 0 radical (unpaired) electrons. The van der Waals surface area contributed by atoms with Gasteiger partial charge in [0.05, 0.1) is 4.92 Å². The van der Waals surface area contributed by atoms with Crippen LogP contribution in [0.5, 0.6) is 0 Å². The maximum atomic E-state index is 12.4. The van der Waals surface area contributed by atoms with E-state index in [2.05, 4.69) is 17.4 Å². The molecule has 0 bridgehead atoms. The van der Waals surface area contributed by atoms with Gasteiger partial charge in [-0.05, 0) is 24.5 Å². The van der Waals surface area contributed by atoms with Gasteiger partial charge in [0.25, 0.3) is 11.6 Å². The lowest BCUT2D eigenvalue weighted by molar-refractivity contribution is -0.385. The van der Waals surface area contributed by atoms with E-state index in [0.29, 0.717) is 6.54 Å². The summed E-state index contributed by atoms with van der Waals surface area (Å²) in [5, 5.41) is 13.9. The molecule has 3 rings (SSSR count). The lowest BCUT2D eigenvalue weighted by Crippen LogP contribution is -2.45. The SMILES string of the molecule is O=C(NCC1(c2ccccc2)CCC1)c1ccccc1[N+](=O)[O-]. The molecule has 0 aliphatic heterocycles. The third-order valence-corrected chi connectivity index (χ3v) is 4.63. The maximum Gasteiger partial charge on any atom is 0.282 e. The Balaban J connectivity index is 1.75. The molecule has 0 unspecified atom stereocenters. The highest BCUT2D eigenvalue weighted by atomic mass is 16.6. The topological polar surface area (TPSA) is 72.2 Å². The summed E-state index contributed by atoms with van der Waals surface area (Å²) in [5.74, 6) is -0.389. The van der Waals surface area contributed by atoms with Crippen LogP contribution in [0.15, 0.2) is 54.6 Å². The number of hydrogen-bond donors (Lipinski definition) is 1. The predicted octanol–water partition coefficient (Wildman–Crippen LogP) is 3.45. The Labute approximate surface area is 134 Å². The first-order chi connectivity index (χ1) is 11.1. The van der Waals surface area contributed by atoms with Gasteiger partial charge in [-0.3, -0.25) is 14.9 Å². The number of nitro groups is 1. The maximum absolute atomic E-state index is 12.4. The average molecular weight is 310 g/mol. The number of carbonyl (C=O) groups is 1. The number of benzene rings is 2. The standard InChI is InChI=1S/C18H18N2O3/c21-17(15-9-4-5-10-16(15)20(22)23)19-13-18(11-6-12-18)14-7-2-1-3-8-14/h1-5,7-10H,6,11-13H2,(H,19,21). The van der Waals surface area contributed by atoms with E-state index in [4.69, 9.17) is 0 Å². The molecule has 0 aromatic heterocycles. The molecule has 0 atom stereocenters. The van der Waals surface area contributed by atoms with Crippen LogP contribution in [0.4, 0.5) is 5.69 Å². The van der Waals surface area contributed by atoms with Gasteiger partial charge < -0.3 is 5.32 Å². The number of amides is 1. The molecule has 2 aromatic carbocycles. The summed E-state index contributed by atoms with van der Waals surface area (Å²) < 4.78 is 0. The van der Waals surface area contributed by atoms with E-state index in [1.165, 1.54) is 17.7 Å². The van der Waals surface area contributed by atoms with Gasteiger partial charge >= 0.3 is 0 Å². The largest absolute Gasteiger partial charge is 0.351 e. The molecule has 118 valence electrons. The van der Waals surface area contributed by atoms with Crippen molar-refractivity contribution in [2.45, 2.75) is 24.7 Å². The number of carbonyl (C=O) groups excluding carboxylic acids is 1. The Morgan fingerprint density at radius 1 is 1.09 bits per heavy atom. The lowest BCUT2D eigenvalue weighted by atomic mass is 9.64. The van der Waals surface area contributed by atoms with Crippen molar-refractivity contribution in [2.24, 2.45) is 0 Å². The summed E-state index contributed by atoms with van der Waals surface area (Å²) in [6.45, 7) is 0.502. The van der Waals surface area contributed by atoms with Gasteiger partial charge in [0.1, 0.15) is 5.56 Å². The molecule has 1 aliphatic carbocycles. The molecule has 0 heterocycles. The second kappa shape index (κ2) is 6.20. The van der Waals surface area contributed by atoms with Crippen LogP contribution in [0.3, 0.4) is 0 Å². The molecular formula is C18H18N2O3. The van der Waals surface area contributed by atoms with Crippen molar-refractivity contribution in [3.8, 4) is 0 Å². The van der Waals surface area contributed by atoms with Gasteiger partial charge in [0.2, 0.25) is 0 Å². The van der Waals surface area contributed by atoms with E-state index in [1.807, 2.05) is 18.2 Å². The number of nitro benzene ring substituents is 1. The monoisotopic (exact) mass is 310 g/mol. The lowest BCUT2D eigenvalue weighted by Gasteiger charge is -2.42. The normalized spacial score (nSPS) is 15.5. The first kappa shape index (κ1) is 15.2. The second-order valence-electron chi connectivity index (χ2n) is 5.96. The number of nitrogens with one attached hydrogen (secondary N) is 1. The van der Waals surface area contributed by atoms with Gasteiger partial charge in [0.15, 0.2) is 0 Å². The van der Waals surface area contributed by atoms with Crippen LogP contribution in [0.2, 0.25) is 0 Å². The fraction of sp³-hybridized carbons (Fsp3) is 0.278. The van der Waals surface area contributed by atoms with Gasteiger partial charge in [-0.2, -0.15) is 0 Å². The summed E-state index contributed by atoms with van der Waals surface area (Å²) in [6, 6.07) is 16.2. The highest BCUT2D eigenvalue weighted by Gasteiger charge is 2.39. The van der Waals surface area contributed by atoms with Crippen molar-refractivity contribution in [1.82, 2.24) is 5.32 Å². The minimum Gasteiger partial charge on any atom is -0.351 e. The minimum absolute atomic E-state index is 0.0412. The second-order valence-corrected chi connectivity index (χ2v) is 5.96. The van der Waals surface area contributed by atoms with Crippen LogP contribution >= 0.6 is 0 Å². The Morgan fingerprint density at radius 2 is 1.74 bits per heavy atom. The molecular weight excluding hydrogens is 292 g/mol. The summed E-state index contributed by atoms with van der Waals surface area (Å²) in [6.07, 6.45) is 3.18. The van der Waals surface area contributed by atoms with Crippen LogP contribution in [-0.4, -0.2) is 17.4 Å². The Hall–Kier alpha value is -2.69. The number of rotatable bonds is 5. The van der Waals surface area contributed by atoms with Crippen molar-refractivity contribution < 1.29 is 9.72 Å². The molecule has 1 aliphatic rings. The van der Waals surface area contributed by atoms with Crippen LogP contribution in [0.25, 0.3) is 0 Å². The van der Waals surface area contributed by atoms with Gasteiger partial charge in [-0.15, -0.1) is 0 Å². The van der Waals surface area contributed by atoms with Crippen molar-refractivity contribution in [3.63, 3.8) is 0 Å². The molecule has 1 N–H and O–H groups in total. The van der Waals surface area contributed by atoms with Crippen LogP contribution in [0.1, 0.15) is 35.2 Å². The van der Waals surface area contributed by atoms with E-state index in [1.54, 1.807) is 12.1 Å². The molecule has 0 saturated heterocycles. The van der Waals surface area contributed by atoms with Crippen LogP contribution in [-0.2, 0) is 5.41 Å². The number of hydrogen-bond acceptors (Lipinski definition) is 3. The van der Waals surface area contributed by atoms with E-state index in [0.717, 1.165) is 19.3 Å².